The Bertz CT molecular complexity index is 471. The maximum atomic E-state index is 5.46. The highest BCUT2D eigenvalue weighted by Gasteiger charge is 2.28. The standard InChI is InChI=1S/C17H27N3O/c1-14-11-16(4-3-15(14)12-18-2)20-6-5-17(13-20)19-7-9-21-10-8-19/h3-4,11,17-18H,5-10,12-13H2,1-2H3. The first kappa shape index (κ1) is 14.8. The monoisotopic (exact) mass is 289 g/mol. The van der Waals surface area contributed by atoms with Crippen molar-refractivity contribution < 1.29 is 4.74 Å². The lowest BCUT2D eigenvalue weighted by Crippen LogP contribution is -2.44. The number of rotatable bonds is 4. The molecule has 1 N–H and O–H groups in total. The molecule has 1 aromatic rings. The van der Waals surface area contributed by atoms with Gasteiger partial charge < -0.3 is 15.0 Å². The van der Waals surface area contributed by atoms with Gasteiger partial charge in [0.2, 0.25) is 0 Å². The van der Waals surface area contributed by atoms with Crippen LogP contribution in [0.15, 0.2) is 18.2 Å². The minimum absolute atomic E-state index is 0.700. The van der Waals surface area contributed by atoms with Crippen molar-refractivity contribution in [2.45, 2.75) is 25.9 Å². The molecule has 0 aromatic heterocycles. The highest BCUT2D eigenvalue weighted by Crippen LogP contribution is 2.25. The van der Waals surface area contributed by atoms with Crippen LogP contribution in [0.3, 0.4) is 0 Å². The summed E-state index contributed by atoms with van der Waals surface area (Å²) in [5.41, 5.74) is 4.16. The molecule has 2 aliphatic rings. The van der Waals surface area contributed by atoms with Crippen molar-refractivity contribution in [1.29, 1.82) is 0 Å². The van der Waals surface area contributed by atoms with Gasteiger partial charge in [0.15, 0.2) is 0 Å². The zero-order chi connectivity index (χ0) is 14.7. The zero-order valence-corrected chi connectivity index (χ0v) is 13.3. The minimum atomic E-state index is 0.700. The molecule has 2 saturated heterocycles. The normalized spacial score (nSPS) is 23.7. The molecule has 2 aliphatic heterocycles. The lowest BCUT2D eigenvalue weighted by Gasteiger charge is -2.32. The maximum absolute atomic E-state index is 5.46. The van der Waals surface area contributed by atoms with Crippen LogP contribution in [0, 0.1) is 6.92 Å². The quantitative estimate of drug-likeness (QED) is 0.912. The van der Waals surface area contributed by atoms with Crippen LogP contribution in [0.5, 0.6) is 0 Å². The fourth-order valence-corrected chi connectivity index (χ4v) is 3.48. The van der Waals surface area contributed by atoms with Gasteiger partial charge in [-0.2, -0.15) is 0 Å². The molecule has 0 spiro atoms. The predicted octanol–water partition coefficient (Wildman–Crippen LogP) is 1.63. The fraction of sp³-hybridized carbons (Fsp3) is 0.647. The Hall–Kier alpha value is -1.10. The summed E-state index contributed by atoms with van der Waals surface area (Å²) in [5.74, 6) is 0. The van der Waals surface area contributed by atoms with Crippen LogP contribution < -0.4 is 10.2 Å². The van der Waals surface area contributed by atoms with Crippen LogP contribution >= 0.6 is 0 Å². The summed E-state index contributed by atoms with van der Waals surface area (Å²) in [5, 5.41) is 3.23. The van der Waals surface area contributed by atoms with Crippen LogP contribution in [0.2, 0.25) is 0 Å². The molecular weight excluding hydrogens is 262 g/mol. The number of morpholine rings is 1. The van der Waals surface area contributed by atoms with Crippen LogP contribution in [0.1, 0.15) is 17.5 Å². The Balaban J connectivity index is 1.64. The van der Waals surface area contributed by atoms with Gasteiger partial charge in [0.1, 0.15) is 0 Å². The summed E-state index contributed by atoms with van der Waals surface area (Å²) >= 11 is 0. The number of hydrogen-bond donors (Lipinski definition) is 1. The van der Waals surface area contributed by atoms with E-state index < -0.39 is 0 Å². The van der Waals surface area contributed by atoms with E-state index in [1.54, 1.807) is 0 Å². The molecule has 0 radical (unpaired) electrons. The van der Waals surface area contributed by atoms with Gasteiger partial charge >= 0.3 is 0 Å². The molecule has 0 saturated carbocycles. The van der Waals surface area contributed by atoms with Crippen molar-refractivity contribution in [3.05, 3.63) is 29.3 Å². The molecule has 0 aliphatic carbocycles. The van der Waals surface area contributed by atoms with Gasteiger partial charge in [-0.3, -0.25) is 4.90 Å². The summed E-state index contributed by atoms with van der Waals surface area (Å²) in [6.45, 7) is 9.48. The van der Waals surface area contributed by atoms with Gasteiger partial charge in [-0.15, -0.1) is 0 Å². The summed E-state index contributed by atoms with van der Waals surface area (Å²) in [4.78, 5) is 5.14. The van der Waals surface area contributed by atoms with E-state index in [4.69, 9.17) is 4.74 Å². The molecule has 116 valence electrons. The van der Waals surface area contributed by atoms with Crippen LogP contribution in [-0.4, -0.2) is 57.4 Å². The third-order valence-corrected chi connectivity index (χ3v) is 4.78. The zero-order valence-electron chi connectivity index (χ0n) is 13.3. The van der Waals surface area contributed by atoms with Crippen molar-refractivity contribution in [2.75, 3.05) is 51.3 Å². The number of aryl methyl sites for hydroxylation is 1. The molecule has 2 fully saturated rings. The van der Waals surface area contributed by atoms with Crippen LogP contribution in [0.25, 0.3) is 0 Å². The van der Waals surface area contributed by atoms with Gasteiger partial charge in [-0.25, -0.2) is 0 Å². The van der Waals surface area contributed by atoms with E-state index in [9.17, 15) is 0 Å². The number of benzene rings is 1. The van der Waals surface area contributed by atoms with Gasteiger partial charge in [0, 0.05) is 44.5 Å². The Morgan fingerprint density at radius 3 is 2.76 bits per heavy atom. The molecule has 4 nitrogen and oxygen atoms in total. The number of ether oxygens (including phenoxy) is 1. The number of anilines is 1. The summed E-state index contributed by atoms with van der Waals surface area (Å²) in [6, 6.07) is 7.59. The van der Waals surface area contributed by atoms with Crippen molar-refractivity contribution >= 4 is 5.69 Å². The lowest BCUT2D eigenvalue weighted by molar-refractivity contribution is 0.0209. The van der Waals surface area contributed by atoms with E-state index in [-0.39, 0.29) is 0 Å². The average molecular weight is 289 g/mol. The predicted molar refractivity (Wildman–Crippen MR) is 87.0 cm³/mol. The van der Waals surface area contributed by atoms with Gasteiger partial charge in [-0.1, -0.05) is 6.07 Å². The number of nitrogens with zero attached hydrogens (tertiary/aromatic N) is 2. The molecule has 2 heterocycles. The second kappa shape index (κ2) is 6.77. The van der Waals surface area contributed by atoms with E-state index in [1.165, 1.54) is 29.8 Å². The van der Waals surface area contributed by atoms with Gasteiger partial charge in [0.05, 0.1) is 13.2 Å². The first-order chi connectivity index (χ1) is 10.3. The molecule has 1 atom stereocenters. The van der Waals surface area contributed by atoms with E-state index in [0.29, 0.717) is 6.04 Å². The second-order valence-corrected chi connectivity index (χ2v) is 6.18. The summed E-state index contributed by atoms with van der Waals surface area (Å²) in [6.07, 6.45) is 1.28. The van der Waals surface area contributed by atoms with Gasteiger partial charge in [0.25, 0.3) is 0 Å². The average Bonchev–Trinajstić information content (AvgIpc) is 3.00. The number of hydrogen-bond acceptors (Lipinski definition) is 4. The highest BCUT2D eigenvalue weighted by molar-refractivity contribution is 5.51. The first-order valence-electron chi connectivity index (χ1n) is 8.09. The molecule has 1 aromatic carbocycles. The molecule has 3 rings (SSSR count). The van der Waals surface area contributed by atoms with E-state index >= 15 is 0 Å². The Labute approximate surface area is 128 Å². The van der Waals surface area contributed by atoms with Gasteiger partial charge in [-0.05, 0) is 43.7 Å². The minimum Gasteiger partial charge on any atom is -0.379 e. The highest BCUT2D eigenvalue weighted by atomic mass is 16.5. The van der Waals surface area contributed by atoms with E-state index in [0.717, 1.165) is 39.4 Å². The first-order valence-corrected chi connectivity index (χ1v) is 8.09. The Morgan fingerprint density at radius 1 is 1.24 bits per heavy atom. The van der Waals surface area contributed by atoms with E-state index in [2.05, 4.69) is 40.2 Å². The molecule has 0 bridgehead atoms. The molecule has 0 amide bonds. The Morgan fingerprint density at radius 2 is 2.05 bits per heavy atom. The summed E-state index contributed by atoms with van der Waals surface area (Å²) < 4.78 is 5.46. The maximum Gasteiger partial charge on any atom is 0.0594 e. The Kier molecular flexibility index (Phi) is 4.78. The SMILES string of the molecule is CNCc1ccc(N2CCC(N3CCOCC3)C2)cc1C. The molecule has 1 unspecified atom stereocenters. The lowest BCUT2D eigenvalue weighted by atomic mass is 10.1. The molecule has 4 heteroatoms. The van der Waals surface area contributed by atoms with Crippen molar-refractivity contribution in [3.63, 3.8) is 0 Å². The third-order valence-electron chi connectivity index (χ3n) is 4.78. The number of nitrogens with one attached hydrogen (secondary N) is 1. The van der Waals surface area contributed by atoms with Crippen molar-refractivity contribution in [3.8, 4) is 0 Å². The smallest absolute Gasteiger partial charge is 0.0594 e. The fourth-order valence-electron chi connectivity index (χ4n) is 3.48. The largest absolute Gasteiger partial charge is 0.379 e. The molecular formula is C17H27N3O. The van der Waals surface area contributed by atoms with Crippen molar-refractivity contribution in [2.24, 2.45) is 0 Å². The second-order valence-electron chi connectivity index (χ2n) is 6.18. The van der Waals surface area contributed by atoms with Crippen LogP contribution in [-0.2, 0) is 11.3 Å². The summed E-state index contributed by atoms with van der Waals surface area (Å²) in [7, 11) is 2.00. The topological polar surface area (TPSA) is 27.7 Å². The third kappa shape index (κ3) is 3.39. The molecule has 21 heavy (non-hydrogen) atoms. The van der Waals surface area contributed by atoms with E-state index in [1.807, 2.05) is 7.05 Å². The van der Waals surface area contributed by atoms with Crippen molar-refractivity contribution in [1.82, 2.24) is 10.2 Å². The van der Waals surface area contributed by atoms with Crippen LogP contribution in [0.4, 0.5) is 5.69 Å².